The average molecular weight is 209 g/mol. The molecule has 2 N–H and O–H groups in total. The van der Waals surface area contributed by atoms with E-state index in [0.717, 1.165) is 30.9 Å². The second kappa shape index (κ2) is 4.11. The zero-order valence-electron chi connectivity index (χ0n) is 8.34. The van der Waals surface area contributed by atoms with Crippen LogP contribution in [-0.2, 0) is 0 Å². The SMILES string of the molecule is NC1CC=C(c2cc(F)ccc2F)CC1. The van der Waals surface area contributed by atoms with E-state index < -0.39 is 5.82 Å². The predicted octanol–water partition coefficient (Wildman–Crippen LogP) is 2.86. The van der Waals surface area contributed by atoms with Crippen molar-refractivity contribution in [1.82, 2.24) is 0 Å². The summed E-state index contributed by atoms with van der Waals surface area (Å²) in [5.41, 5.74) is 6.98. The fourth-order valence-electron chi connectivity index (χ4n) is 1.84. The first-order valence-electron chi connectivity index (χ1n) is 5.07. The topological polar surface area (TPSA) is 26.0 Å². The third-order valence-corrected chi connectivity index (χ3v) is 2.73. The Kier molecular flexibility index (Phi) is 2.82. The first-order valence-corrected chi connectivity index (χ1v) is 5.07. The van der Waals surface area contributed by atoms with E-state index in [1.807, 2.05) is 6.08 Å². The van der Waals surface area contributed by atoms with Crippen LogP contribution in [0.2, 0.25) is 0 Å². The Morgan fingerprint density at radius 1 is 1.27 bits per heavy atom. The molecule has 0 aliphatic heterocycles. The predicted molar refractivity (Wildman–Crippen MR) is 56.2 cm³/mol. The van der Waals surface area contributed by atoms with Gasteiger partial charge in [0.1, 0.15) is 11.6 Å². The van der Waals surface area contributed by atoms with Gasteiger partial charge in [0, 0.05) is 11.6 Å². The van der Waals surface area contributed by atoms with Crippen LogP contribution in [-0.4, -0.2) is 6.04 Å². The second-order valence-electron chi connectivity index (χ2n) is 3.89. The van der Waals surface area contributed by atoms with Gasteiger partial charge in [0.15, 0.2) is 0 Å². The Morgan fingerprint density at radius 3 is 2.73 bits per heavy atom. The zero-order chi connectivity index (χ0) is 10.8. The molecule has 1 aromatic carbocycles. The summed E-state index contributed by atoms with van der Waals surface area (Å²) in [6, 6.07) is 3.71. The summed E-state index contributed by atoms with van der Waals surface area (Å²) in [5, 5.41) is 0. The molecule has 1 unspecified atom stereocenters. The molecule has 0 spiro atoms. The molecule has 1 aliphatic rings. The molecular formula is C12H13F2N. The Balaban J connectivity index is 2.33. The van der Waals surface area contributed by atoms with Crippen molar-refractivity contribution in [3.63, 3.8) is 0 Å². The zero-order valence-corrected chi connectivity index (χ0v) is 8.34. The van der Waals surface area contributed by atoms with E-state index in [1.165, 1.54) is 12.1 Å². The molecule has 0 aromatic heterocycles. The maximum absolute atomic E-state index is 13.4. The van der Waals surface area contributed by atoms with Crippen LogP contribution in [0.15, 0.2) is 24.3 Å². The number of rotatable bonds is 1. The van der Waals surface area contributed by atoms with Crippen LogP contribution < -0.4 is 5.73 Å². The van der Waals surface area contributed by atoms with Crippen molar-refractivity contribution in [2.45, 2.75) is 25.3 Å². The molecule has 0 radical (unpaired) electrons. The number of hydrogen-bond acceptors (Lipinski definition) is 1. The summed E-state index contributed by atoms with van der Waals surface area (Å²) < 4.78 is 26.4. The molecule has 2 rings (SSSR count). The number of halogens is 2. The van der Waals surface area contributed by atoms with Gasteiger partial charge in [0.25, 0.3) is 0 Å². The maximum Gasteiger partial charge on any atom is 0.130 e. The monoisotopic (exact) mass is 209 g/mol. The van der Waals surface area contributed by atoms with Crippen LogP contribution >= 0.6 is 0 Å². The van der Waals surface area contributed by atoms with E-state index in [0.29, 0.717) is 5.56 Å². The van der Waals surface area contributed by atoms with Crippen molar-refractivity contribution in [2.24, 2.45) is 5.73 Å². The van der Waals surface area contributed by atoms with Crippen molar-refractivity contribution in [3.05, 3.63) is 41.5 Å². The lowest BCUT2D eigenvalue weighted by atomic mass is 9.91. The number of hydrogen-bond donors (Lipinski definition) is 1. The van der Waals surface area contributed by atoms with Crippen molar-refractivity contribution in [1.29, 1.82) is 0 Å². The normalized spacial score (nSPS) is 21.3. The van der Waals surface area contributed by atoms with E-state index in [9.17, 15) is 8.78 Å². The molecule has 1 atom stereocenters. The molecule has 0 amide bonds. The molecule has 1 aromatic rings. The number of allylic oxidation sites excluding steroid dienone is 1. The highest BCUT2D eigenvalue weighted by molar-refractivity contribution is 5.66. The van der Waals surface area contributed by atoms with E-state index in [2.05, 4.69) is 0 Å². The van der Waals surface area contributed by atoms with E-state index in [1.54, 1.807) is 0 Å². The molecule has 15 heavy (non-hydrogen) atoms. The number of nitrogens with two attached hydrogens (primary N) is 1. The van der Waals surface area contributed by atoms with E-state index in [4.69, 9.17) is 5.73 Å². The van der Waals surface area contributed by atoms with E-state index >= 15 is 0 Å². The molecule has 1 aliphatic carbocycles. The standard InChI is InChI=1S/C12H13F2N/c13-9-3-6-12(14)11(7-9)8-1-4-10(15)5-2-8/h1,3,6-7,10H,2,4-5,15H2. The Labute approximate surface area is 87.6 Å². The van der Waals surface area contributed by atoms with Gasteiger partial charge < -0.3 is 5.73 Å². The molecule has 0 heterocycles. The Morgan fingerprint density at radius 2 is 2.07 bits per heavy atom. The quantitative estimate of drug-likeness (QED) is 0.756. The average Bonchev–Trinajstić information content (AvgIpc) is 2.23. The van der Waals surface area contributed by atoms with Gasteiger partial charge in [-0.1, -0.05) is 6.08 Å². The molecule has 0 bridgehead atoms. The lowest BCUT2D eigenvalue weighted by Gasteiger charge is -2.18. The van der Waals surface area contributed by atoms with Gasteiger partial charge in [0.05, 0.1) is 0 Å². The largest absolute Gasteiger partial charge is 0.327 e. The molecule has 0 fully saturated rings. The third-order valence-electron chi connectivity index (χ3n) is 2.73. The van der Waals surface area contributed by atoms with Crippen molar-refractivity contribution < 1.29 is 8.78 Å². The van der Waals surface area contributed by atoms with Gasteiger partial charge in [-0.25, -0.2) is 8.78 Å². The van der Waals surface area contributed by atoms with Crippen molar-refractivity contribution >= 4 is 5.57 Å². The van der Waals surface area contributed by atoms with Crippen molar-refractivity contribution in [2.75, 3.05) is 0 Å². The van der Waals surface area contributed by atoms with Gasteiger partial charge >= 0.3 is 0 Å². The van der Waals surface area contributed by atoms with Gasteiger partial charge in [-0.15, -0.1) is 0 Å². The summed E-state index contributed by atoms with van der Waals surface area (Å²) in [4.78, 5) is 0. The van der Waals surface area contributed by atoms with Gasteiger partial charge in [-0.3, -0.25) is 0 Å². The Bertz CT molecular complexity index is 399. The van der Waals surface area contributed by atoms with Gasteiger partial charge in [-0.2, -0.15) is 0 Å². The summed E-state index contributed by atoms with van der Waals surface area (Å²) in [6.45, 7) is 0. The van der Waals surface area contributed by atoms with Gasteiger partial charge in [-0.05, 0) is 43.0 Å². The third kappa shape index (κ3) is 2.23. The highest BCUT2D eigenvalue weighted by Crippen LogP contribution is 2.28. The fourth-order valence-corrected chi connectivity index (χ4v) is 1.84. The minimum atomic E-state index is -0.401. The summed E-state index contributed by atoms with van der Waals surface area (Å²) in [5.74, 6) is -0.764. The molecule has 3 heteroatoms. The molecule has 1 nitrogen and oxygen atoms in total. The first-order chi connectivity index (χ1) is 7.16. The lowest BCUT2D eigenvalue weighted by molar-refractivity contribution is 0.587. The smallest absolute Gasteiger partial charge is 0.130 e. The molecule has 80 valence electrons. The van der Waals surface area contributed by atoms with Crippen LogP contribution in [0.1, 0.15) is 24.8 Å². The molecular weight excluding hydrogens is 196 g/mol. The van der Waals surface area contributed by atoms with Crippen LogP contribution in [0.4, 0.5) is 8.78 Å². The lowest BCUT2D eigenvalue weighted by Crippen LogP contribution is -2.21. The summed E-state index contributed by atoms with van der Waals surface area (Å²) in [6.07, 6.45) is 4.21. The van der Waals surface area contributed by atoms with Gasteiger partial charge in [0.2, 0.25) is 0 Å². The first kappa shape index (κ1) is 10.3. The fraction of sp³-hybridized carbons (Fsp3) is 0.333. The van der Waals surface area contributed by atoms with Crippen molar-refractivity contribution in [3.8, 4) is 0 Å². The van der Waals surface area contributed by atoms with Crippen LogP contribution in [0.3, 0.4) is 0 Å². The minimum Gasteiger partial charge on any atom is -0.327 e. The number of benzene rings is 1. The van der Waals surface area contributed by atoms with Crippen LogP contribution in [0, 0.1) is 11.6 Å². The summed E-state index contributed by atoms with van der Waals surface area (Å²) >= 11 is 0. The highest BCUT2D eigenvalue weighted by Gasteiger charge is 2.15. The maximum atomic E-state index is 13.4. The molecule has 0 saturated heterocycles. The highest BCUT2D eigenvalue weighted by atomic mass is 19.1. The minimum absolute atomic E-state index is 0.158. The molecule has 0 saturated carbocycles. The van der Waals surface area contributed by atoms with Crippen LogP contribution in [0.25, 0.3) is 5.57 Å². The summed E-state index contributed by atoms with van der Waals surface area (Å²) in [7, 11) is 0. The Hall–Kier alpha value is -1.22. The van der Waals surface area contributed by atoms with Crippen LogP contribution in [0.5, 0.6) is 0 Å². The van der Waals surface area contributed by atoms with E-state index in [-0.39, 0.29) is 11.9 Å². The second-order valence-corrected chi connectivity index (χ2v) is 3.89.